The molecule has 0 atom stereocenters. The van der Waals surface area contributed by atoms with E-state index < -0.39 is 0 Å². The zero-order valence-corrected chi connectivity index (χ0v) is 11.5. The summed E-state index contributed by atoms with van der Waals surface area (Å²) in [4.78, 5) is 12.2. The van der Waals surface area contributed by atoms with Crippen molar-refractivity contribution >= 4 is 0 Å². The highest BCUT2D eigenvalue weighted by atomic mass is 16.1. The van der Waals surface area contributed by atoms with E-state index in [-0.39, 0.29) is 5.69 Å². The van der Waals surface area contributed by atoms with Gasteiger partial charge in [-0.05, 0) is 32.3 Å². The Bertz CT molecular complexity index is 630. The fourth-order valence-electron chi connectivity index (χ4n) is 2.44. The largest absolute Gasteiger partial charge is 0.328 e. The van der Waals surface area contributed by atoms with Crippen LogP contribution in [0.1, 0.15) is 44.1 Å². The summed E-state index contributed by atoms with van der Waals surface area (Å²) in [6.07, 6.45) is 7.00. The third-order valence-electron chi connectivity index (χ3n) is 3.72. The van der Waals surface area contributed by atoms with Crippen molar-refractivity contribution in [1.82, 2.24) is 18.9 Å². The van der Waals surface area contributed by atoms with Crippen molar-refractivity contribution in [1.29, 1.82) is 0 Å². The molecule has 0 unspecified atom stereocenters. The Kier molecular flexibility index (Phi) is 3.05. The van der Waals surface area contributed by atoms with Crippen LogP contribution < -0.4 is 5.69 Å². The van der Waals surface area contributed by atoms with E-state index in [0.717, 1.165) is 37.2 Å². The van der Waals surface area contributed by atoms with Gasteiger partial charge in [-0.2, -0.15) is 5.10 Å². The van der Waals surface area contributed by atoms with Crippen molar-refractivity contribution in [3.8, 4) is 0 Å². The monoisotopic (exact) mass is 260 g/mol. The normalized spacial score (nSPS) is 15.1. The van der Waals surface area contributed by atoms with Gasteiger partial charge in [-0.25, -0.2) is 4.79 Å². The molecule has 0 spiro atoms. The highest BCUT2D eigenvalue weighted by Gasteiger charge is 2.25. The molecule has 0 saturated heterocycles. The molecule has 19 heavy (non-hydrogen) atoms. The zero-order chi connectivity index (χ0) is 13.4. The molecule has 2 aromatic rings. The lowest BCUT2D eigenvalue weighted by molar-refractivity contribution is 0.580. The average Bonchev–Trinajstić information content (AvgIpc) is 3.09. The fraction of sp³-hybridized carbons (Fsp3) is 0.571. The van der Waals surface area contributed by atoms with Crippen LogP contribution in [0.25, 0.3) is 0 Å². The summed E-state index contributed by atoms with van der Waals surface area (Å²) in [6, 6.07) is 2.54. The van der Waals surface area contributed by atoms with Crippen molar-refractivity contribution in [2.24, 2.45) is 0 Å². The van der Waals surface area contributed by atoms with Crippen LogP contribution in [0.3, 0.4) is 0 Å². The summed E-state index contributed by atoms with van der Waals surface area (Å²) >= 11 is 0. The minimum atomic E-state index is 0.101. The standard InChI is InChI=1S/C14H20N4O/c1-3-11-9-13(18(4-2)15-11)10-16-7-8-17(14(16)19)12-5-6-12/h7-9,12H,3-6,10H2,1-2H3. The zero-order valence-electron chi connectivity index (χ0n) is 11.5. The van der Waals surface area contributed by atoms with E-state index in [1.807, 2.05) is 21.6 Å². The average molecular weight is 260 g/mol. The lowest BCUT2D eigenvalue weighted by Gasteiger charge is -2.04. The van der Waals surface area contributed by atoms with Crippen LogP contribution in [-0.2, 0) is 19.5 Å². The number of aromatic nitrogens is 4. The molecule has 0 aliphatic heterocycles. The Morgan fingerprint density at radius 2 is 2.11 bits per heavy atom. The van der Waals surface area contributed by atoms with E-state index in [2.05, 4.69) is 25.0 Å². The molecule has 2 heterocycles. The third-order valence-corrected chi connectivity index (χ3v) is 3.72. The number of hydrogen-bond donors (Lipinski definition) is 0. The van der Waals surface area contributed by atoms with E-state index >= 15 is 0 Å². The lowest BCUT2D eigenvalue weighted by atomic mass is 10.3. The number of imidazole rings is 1. The Labute approximate surface area is 112 Å². The van der Waals surface area contributed by atoms with E-state index in [9.17, 15) is 4.79 Å². The van der Waals surface area contributed by atoms with Crippen molar-refractivity contribution in [3.05, 3.63) is 40.3 Å². The van der Waals surface area contributed by atoms with Crippen molar-refractivity contribution in [3.63, 3.8) is 0 Å². The maximum absolute atomic E-state index is 12.2. The van der Waals surface area contributed by atoms with Gasteiger partial charge in [0.15, 0.2) is 0 Å². The SMILES string of the molecule is CCc1cc(Cn2ccn(C3CC3)c2=O)n(CC)n1. The second-order valence-electron chi connectivity index (χ2n) is 5.14. The van der Waals surface area contributed by atoms with Crippen molar-refractivity contribution in [2.75, 3.05) is 0 Å². The molecule has 0 N–H and O–H groups in total. The van der Waals surface area contributed by atoms with E-state index in [1.54, 1.807) is 4.57 Å². The van der Waals surface area contributed by atoms with Crippen molar-refractivity contribution < 1.29 is 0 Å². The first kappa shape index (κ1) is 12.3. The van der Waals surface area contributed by atoms with Gasteiger partial charge in [0, 0.05) is 25.0 Å². The second-order valence-corrected chi connectivity index (χ2v) is 5.14. The molecule has 102 valence electrons. The maximum Gasteiger partial charge on any atom is 0.328 e. The molecule has 0 amide bonds. The first-order valence-corrected chi connectivity index (χ1v) is 7.05. The van der Waals surface area contributed by atoms with Crippen molar-refractivity contribution in [2.45, 2.75) is 52.2 Å². The van der Waals surface area contributed by atoms with Crippen LogP contribution in [0.2, 0.25) is 0 Å². The molecule has 1 fully saturated rings. The quantitative estimate of drug-likeness (QED) is 0.823. The Balaban J connectivity index is 1.88. The number of rotatable bonds is 5. The Morgan fingerprint density at radius 3 is 2.74 bits per heavy atom. The summed E-state index contributed by atoms with van der Waals surface area (Å²) in [5, 5.41) is 4.52. The van der Waals surface area contributed by atoms with Crippen LogP contribution in [-0.4, -0.2) is 18.9 Å². The van der Waals surface area contributed by atoms with E-state index in [1.165, 1.54) is 0 Å². The van der Waals surface area contributed by atoms with Gasteiger partial charge in [-0.3, -0.25) is 13.8 Å². The molecule has 1 aliphatic rings. The van der Waals surface area contributed by atoms with Gasteiger partial charge >= 0.3 is 5.69 Å². The summed E-state index contributed by atoms with van der Waals surface area (Å²) < 4.78 is 5.62. The molecule has 1 aliphatic carbocycles. The minimum Gasteiger partial charge on any atom is -0.296 e. The van der Waals surface area contributed by atoms with Crippen LogP contribution in [0, 0.1) is 0 Å². The summed E-state index contributed by atoms with van der Waals surface area (Å²) in [5.74, 6) is 0. The molecule has 0 bridgehead atoms. The third kappa shape index (κ3) is 2.25. The molecule has 0 radical (unpaired) electrons. The molecule has 5 heteroatoms. The molecule has 2 aromatic heterocycles. The van der Waals surface area contributed by atoms with Gasteiger partial charge in [0.2, 0.25) is 0 Å². The van der Waals surface area contributed by atoms with Crippen LogP contribution in [0.5, 0.6) is 0 Å². The maximum atomic E-state index is 12.2. The van der Waals surface area contributed by atoms with Gasteiger partial charge in [-0.15, -0.1) is 0 Å². The van der Waals surface area contributed by atoms with E-state index in [0.29, 0.717) is 12.6 Å². The lowest BCUT2D eigenvalue weighted by Crippen LogP contribution is -2.24. The Morgan fingerprint density at radius 1 is 1.32 bits per heavy atom. The van der Waals surface area contributed by atoms with E-state index in [4.69, 9.17) is 0 Å². The molecule has 1 saturated carbocycles. The second kappa shape index (κ2) is 4.72. The van der Waals surface area contributed by atoms with Gasteiger partial charge in [0.1, 0.15) is 0 Å². The van der Waals surface area contributed by atoms with Crippen LogP contribution >= 0.6 is 0 Å². The molecule has 0 aromatic carbocycles. The fourth-order valence-corrected chi connectivity index (χ4v) is 2.44. The first-order valence-electron chi connectivity index (χ1n) is 7.05. The van der Waals surface area contributed by atoms with Gasteiger partial charge in [0.25, 0.3) is 0 Å². The predicted molar refractivity (Wildman–Crippen MR) is 73.3 cm³/mol. The smallest absolute Gasteiger partial charge is 0.296 e. The molecule has 5 nitrogen and oxygen atoms in total. The number of aryl methyl sites for hydroxylation is 2. The van der Waals surface area contributed by atoms with Crippen LogP contribution in [0.15, 0.2) is 23.3 Å². The highest BCUT2D eigenvalue weighted by Crippen LogP contribution is 2.33. The summed E-state index contributed by atoms with van der Waals surface area (Å²) in [6.45, 7) is 5.63. The number of nitrogens with zero attached hydrogens (tertiary/aromatic N) is 4. The summed E-state index contributed by atoms with van der Waals surface area (Å²) in [5.41, 5.74) is 2.30. The topological polar surface area (TPSA) is 44.8 Å². The number of hydrogen-bond acceptors (Lipinski definition) is 2. The van der Waals surface area contributed by atoms with Crippen LogP contribution in [0.4, 0.5) is 0 Å². The molecular weight excluding hydrogens is 240 g/mol. The molecular formula is C14H20N4O. The van der Waals surface area contributed by atoms with Gasteiger partial charge < -0.3 is 0 Å². The molecule has 3 rings (SSSR count). The Hall–Kier alpha value is -1.78. The first-order chi connectivity index (χ1) is 9.22. The van der Waals surface area contributed by atoms with Gasteiger partial charge in [-0.1, -0.05) is 6.92 Å². The minimum absolute atomic E-state index is 0.101. The summed E-state index contributed by atoms with van der Waals surface area (Å²) in [7, 11) is 0. The van der Waals surface area contributed by atoms with Gasteiger partial charge in [0.05, 0.1) is 17.9 Å². The highest BCUT2D eigenvalue weighted by molar-refractivity contribution is 5.11. The predicted octanol–water partition coefficient (Wildman–Crippen LogP) is 1.81.